The minimum atomic E-state index is -0.463. The Morgan fingerprint density at radius 2 is 2.07 bits per heavy atom. The van der Waals surface area contributed by atoms with Crippen LogP contribution in [0.3, 0.4) is 0 Å². The number of nitro groups is 1. The molecule has 2 N–H and O–H groups in total. The number of likely N-dealkylation sites (N-methyl/N-ethyl adjacent to an activating group) is 1. The van der Waals surface area contributed by atoms with Crippen LogP contribution in [-0.2, 0) is 0 Å². The lowest BCUT2D eigenvalue weighted by Crippen LogP contribution is -2.34. The van der Waals surface area contributed by atoms with E-state index in [0.29, 0.717) is 29.6 Å². The van der Waals surface area contributed by atoms with E-state index in [2.05, 4.69) is 47.2 Å². The highest BCUT2D eigenvalue weighted by molar-refractivity contribution is 6.07. The van der Waals surface area contributed by atoms with Crippen molar-refractivity contribution in [2.45, 2.75) is 13.8 Å². The molecule has 0 aliphatic carbocycles. The molecule has 7 heteroatoms. The number of hydrogen-bond donors (Lipinski definition) is 2. The minimum Gasteiger partial charge on any atom is -0.370 e. The zero-order valence-electron chi connectivity index (χ0n) is 15.4. The van der Waals surface area contributed by atoms with E-state index in [1.54, 1.807) is 12.3 Å². The zero-order valence-corrected chi connectivity index (χ0v) is 15.4. The van der Waals surface area contributed by atoms with E-state index in [0.717, 1.165) is 12.2 Å². The van der Waals surface area contributed by atoms with Crippen LogP contribution in [0.4, 0.5) is 11.4 Å². The Morgan fingerprint density at radius 1 is 1.26 bits per heavy atom. The maximum atomic E-state index is 12.5. The summed E-state index contributed by atoms with van der Waals surface area (Å²) in [6.45, 7) is 6.10. The quantitative estimate of drug-likeness (QED) is 0.493. The molecule has 140 valence electrons. The monoisotopic (exact) mass is 366 g/mol. The van der Waals surface area contributed by atoms with Gasteiger partial charge in [0.2, 0.25) is 0 Å². The van der Waals surface area contributed by atoms with E-state index in [1.165, 1.54) is 17.7 Å². The molecule has 0 spiro atoms. The summed E-state index contributed by atoms with van der Waals surface area (Å²) in [6.07, 6.45) is 1.59. The number of nitrogens with one attached hydrogen (secondary N) is 2. The fourth-order valence-corrected chi connectivity index (χ4v) is 3.10. The number of hydrogen-bond acceptors (Lipinski definition) is 4. The number of aromatic amines is 1. The second kappa shape index (κ2) is 7.90. The van der Waals surface area contributed by atoms with Gasteiger partial charge in [-0.25, -0.2) is 0 Å². The van der Waals surface area contributed by atoms with Crippen molar-refractivity contribution < 1.29 is 9.72 Å². The average Bonchev–Trinajstić information content (AvgIpc) is 3.08. The Balaban J connectivity index is 1.68. The first kappa shape index (κ1) is 18.4. The number of aryl methyl sites for hydroxylation is 1. The van der Waals surface area contributed by atoms with Crippen molar-refractivity contribution in [3.63, 3.8) is 0 Å². The lowest BCUT2D eigenvalue weighted by atomic mass is 10.1. The van der Waals surface area contributed by atoms with E-state index < -0.39 is 4.92 Å². The van der Waals surface area contributed by atoms with Gasteiger partial charge in [0.1, 0.15) is 0 Å². The molecule has 2 aromatic carbocycles. The largest absolute Gasteiger partial charge is 0.370 e. The van der Waals surface area contributed by atoms with Gasteiger partial charge in [-0.1, -0.05) is 12.1 Å². The lowest BCUT2D eigenvalue weighted by molar-refractivity contribution is -0.384. The second-order valence-electron chi connectivity index (χ2n) is 6.36. The number of non-ortho nitro benzene ring substituents is 1. The van der Waals surface area contributed by atoms with Crippen LogP contribution >= 0.6 is 0 Å². The maximum absolute atomic E-state index is 12.5. The van der Waals surface area contributed by atoms with Crippen LogP contribution in [0.5, 0.6) is 0 Å². The van der Waals surface area contributed by atoms with Gasteiger partial charge in [0.05, 0.1) is 10.5 Å². The van der Waals surface area contributed by atoms with Crippen LogP contribution in [-0.4, -0.2) is 35.4 Å². The van der Waals surface area contributed by atoms with E-state index in [4.69, 9.17) is 0 Å². The molecule has 1 aromatic heterocycles. The second-order valence-corrected chi connectivity index (χ2v) is 6.36. The topological polar surface area (TPSA) is 91.3 Å². The molecule has 27 heavy (non-hydrogen) atoms. The fourth-order valence-electron chi connectivity index (χ4n) is 3.10. The fraction of sp³-hybridized carbons (Fsp3) is 0.250. The van der Waals surface area contributed by atoms with Gasteiger partial charge in [-0.05, 0) is 37.6 Å². The molecule has 0 saturated heterocycles. The van der Waals surface area contributed by atoms with E-state index in [9.17, 15) is 14.9 Å². The van der Waals surface area contributed by atoms with Crippen LogP contribution in [0.2, 0.25) is 0 Å². The Bertz CT molecular complexity index is 980. The van der Waals surface area contributed by atoms with Gasteiger partial charge >= 0.3 is 0 Å². The number of carbonyl (C=O) groups is 1. The Hall–Kier alpha value is -3.35. The Morgan fingerprint density at radius 3 is 2.78 bits per heavy atom. The number of nitro benzene ring substituents is 1. The highest BCUT2D eigenvalue weighted by Gasteiger charge is 2.15. The molecule has 0 fully saturated rings. The van der Waals surface area contributed by atoms with E-state index in [1.807, 2.05) is 6.07 Å². The maximum Gasteiger partial charge on any atom is 0.270 e. The molecule has 1 heterocycles. The van der Waals surface area contributed by atoms with Crippen molar-refractivity contribution in [1.29, 1.82) is 0 Å². The first-order valence-corrected chi connectivity index (χ1v) is 8.85. The molecule has 0 atom stereocenters. The Kier molecular flexibility index (Phi) is 5.40. The summed E-state index contributed by atoms with van der Waals surface area (Å²) >= 11 is 0. The molecule has 3 rings (SSSR count). The smallest absolute Gasteiger partial charge is 0.270 e. The van der Waals surface area contributed by atoms with Crippen molar-refractivity contribution in [1.82, 2.24) is 10.3 Å². The van der Waals surface area contributed by atoms with Crippen molar-refractivity contribution in [2.24, 2.45) is 0 Å². The first-order chi connectivity index (χ1) is 13.0. The third kappa shape index (κ3) is 4.08. The molecule has 1 amide bonds. The SMILES string of the molecule is CCN(CCNC(=O)c1c[nH]c2ccc([N+](=O)[O-])cc12)c1cccc(C)c1. The zero-order chi connectivity index (χ0) is 19.4. The predicted molar refractivity (Wildman–Crippen MR) is 106 cm³/mol. The number of H-pyrrole nitrogens is 1. The van der Waals surface area contributed by atoms with Crippen LogP contribution in [0.1, 0.15) is 22.8 Å². The highest BCUT2D eigenvalue weighted by atomic mass is 16.6. The molecule has 0 bridgehead atoms. The predicted octanol–water partition coefficient (Wildman–Crippen LogP) is 3.64. The van der Waals surface area contributed by atoms with Crippen molar-refractivity contribution in [2.75, 3.05) is 24.5 Å². The van der Waals surface area contributed by atoms with Crippen LogP contribution in [0.15, 0.2) is 48.7 Å². The molecule has 0 saturated carbocycles. The summed E-state index contributed by atoms with van der Waals surface area (Å²) < 4.78 is 0. The summed E-state index contributed by atoms with van der Waals surface area (Å²) in [4.78, 5) is 28.2. The number of nitrogens with zero attached hydrogens (tertiary/aromatic N) is 2. The standard InChI is InChI=1S/C20H22N4O3/c1-3-23(15-6-4-5-14(2)11-15)10-9-21-20(25)18-13-22-19-8-7-16(24(26)27)12-17(18)19/h4-8,11-13,22H,3,9-10H2,1-2H3,(H,21,25). The lowest BCUT2D eigenvalue weighted by Gasteiger charge is -2.23. The number of aromatic nitrogens is 1. The normalized spacial score (nSPS) is 10.7. The van der Waals surface area contributed by atoms with Gasteiger partial charge in [0.25, 0.3) is 11.6 Å². The summed E-state index contributed by atoms with van der Waals surface area (Å²) in [7, 11) is 0. The van der Waals surface area contributed by atoms with Crippen molar-refractivity contribution in [3.8, 4) is 0 Å². The average molecular weight is 366 g/mol. The molecule has 7 nitrogen and oxygen atoms in total. The van der Waals surface area contributed by atoms with Gasteiger partial charge < -0.3 is 15.2 Å². The number of benzene rings is 2. The molecular weight excluding hydrogens is 344 g/mol. The summed E-state index contributed by atoms with van der Waals surface area (Å²) in [5.74, 6) is -0.248. The first-order valence-electron chi connectivity index (χ1n) is 8.85. The van der Waals surface area contributed by atoms with Crippen molar-refractivity contribution >= 4 is 28.2 Å². The van der Waals surface area contributed by atoms with Crippen LogP contribution in [0.25, 0.3) is 10.9 Å². The summed E-state index contributed by atoms with van der Waals surface area (Å²) in [5, 5.41) is 14.4. The molecular formula is C20H22N4O3. The van der Waals surface area contributed by atoms with Crippen LogP contribution < -0.4 is 10.2 Å². The Labute approximate surface area is 157 Å². The van der Waals surface area contributed by atoms with Gasteiger partial charge in [-0.3, -0.25) is 14.9 Å². The summed E-state index contributed by atoms with van der Waals surface area (Å²) in [6, 6.07) is 12.7. The minimum absolute atomic E-state index is 0.0345. The van der Waals surface area contributed by atoms with E-state index in [-0.39, 0.29) is 11.6 Å². The number of fused-ring (bicyclic) bond motifs is 1. The highest BCUT2D eigenvalue weighted by Crippen LogP contribution is 2.23. The number of carbonyl (C=O) groups excluding carboxylic acids is 1. The van der Waals surface area contributed by atoms with E-state index >= 15 is 0 Å². The number of anilines is 1. The third-order valence-corrected chi connectivity index (χ3v) is 4.54. The van der Waals surface area contributed by atoms with Crippen molar-refractivity contribution in [3.05, 3.63) is 69.9 Å². The van der Waals surface area contributed by atoms with Crippen LogP contribution in [0, 0.1) is 17.0 Å². The molecule has 3 aromatic rings. The van der Waals surface area contributed by atoms with Gasteiger partial charge in [0, 0.05) is 54.6 Å². The molecule has 0 unspecified atom stereocenters. The number of amides is 1. The van der Waals surface area contributed by atoms with Gasteiger partial charge in [0.15, 0.2) is 0 Å². The van der Waals surface area contributed by atoms with Gasteiger partial charge in [-0.2, -0.15) is 0 Å². The van der Waals surface area contributed by atoms with Gasteiger partial charge in [-0.15, -0.1) is 0 Å². The molecule has 0 aliphatic heterocycles. The third-order valence-electron chi connectivity index (χ3n) is 4.54. The molecule has 0 aliphatic rings. The summed E-state index contributed by atoms with van der Waals surface area (Å²) in [5.41, 5.74) is 3.38. The molecule has 0 radical (unpaired) electrons. The number of rotatable bonds is 7.